The van der Waals surface area contributed by atoms with E-state index in [0.29, 0.717) is 12.1 Å². The molecule has 0 aromatic heterocycles. The Morgan fingerprint density at radius 2 is 1.75 bits per heavy atom. The summed E-state index contributed by atoms with van der Waals surface area (Å²) in [6, 6.07) is 15.6. The quantitative estimate of drug-likeness (QED) is 0.856. The van der Waals surface area contributed by atoms with Crippen LogP contribution in [-0.2, 0) is 6.54 Å². The molecule has 4 heteroatoms. The van der Waals surface area contributed by atoms with E-state index in [1.807, 2.05) is 30.1 Å². The second kappa shape index (κ2) is 5.86. The molecule has 0 atom stereocenters. The first-order chi connectivity index (χ1) is 9.63. The van der Waals surface area contributed by atoms with Gasteiger partial charge in [0.15, 0.2) is 0 Å². The van der Waals surface area contributed by atoms with E-state index in [2.05, 4.69) is 6.07 Å². The molecule has 0 bridgehead atoms. The SMILES string of the molecule is CN(Cc1ccc(F)c(C#N)c1)c1ccc(C#N)cc1. The summed E-state index contributed by atoms with van der Waals surface area (Å²) in [5.41, 5.74) is 2.47. The fourth-order valence-electron chi connectivity index (χ4n) is 1.91. The topological polar surface area (TPSA) is 50.8 Å². The number of hydrogen-bond acceptors (Lipinski definition) is 3. The van der Waals surface area contributed by atoms with Crippen LogP contribution < -0.4 is 4.90 Å². The van der Waals surface area contributed by atoms with Crippen LogP contribution in [0.5, 0.6) is 0 Å². The summed E-state index contributed by atoms with van der Waals surface area (Å²) in [5, 5.41) is 17.6. The van der Waals surface area contributed by atoms with Gasteiger partial charge in [-0.1, -0.05) is 6.07 Å². The van der Waals surface area contributed by atoms with Gasteiger partial charge in [0.25, 0.3) is 0 Å². The standard InChI is InChI=1S/C16H12FN3/c1-20(15-5-2-12(9-18)3-6-15)11-13-4-7-16(17)14(8-13)10-19/h2-8H,11H2,1H3. The van der Waals surface area contributed by atoms with Gasteiger partial charge in [-0.2, -0.15) is 10.5 Å². The van der Waals surface area contributed by atoms with E-state index >= 15 is 0 Å². The van der Waals surface area contributed by atoms with Crippen LogP contribution in [0.1, 0.15) is 16.7 Å². The van der Waals surface area contributed by atoms with Crippen molar-refractivity contribution in [1.82, 2.24) is 0 Å². The Kier molecular flexibility index (Phi) is 3.98. The van der Waals surface area contributed by atoms with E-state index in [0.717, 1.165) is 11.3 Å². The fourth-order valence-corrected chi connectivity index (χ4v) is 1.91. The molecular weight excluding hydrogens is 253 g/mol. The van der Waals surface area contributed by atoms with E-state index in [-0.39, 0.29) is 5.56 Å². The van der Waals surface area contributed by atoms with E-state index in [4.69, 9.17) is 10.5 Å². The number of halogens is 1. The highest BCUT2D eigenvalue weighted by Crippen LogP contribution is 2.17. The highest BCUT2D eigenvalue weighted by Gasteiger charge is 2.06. The van der Waals surface area contributed by atoms with Crippen molar-refractivity contribution in [3.8, 4) is 12.1 Å². The minimum absolute atomic E-state index is 0.0516. The first-order valence-electron chi connectivity index (χ1n) is 6.04. The highest BCUT2D eigenvalue weighted by molar-refractivity contribution is 5.49. The number of anilines is 1. The van der Waals surface area contributed by atoms with Gasteiger partial charge in [-0.15, -0.1) is 0 Å². The average Bonchev–Trinajstić information content (AvgIpc) is 2.49. The van der Waals surface area contributed by atoms with Gasteiger partial charge in [-0.3, -0.25) is 0 Å². The van der Waals surface area contributed by atoms with Crippen molar-refractivity contribution in [2.24, 2.45) is 0 Å². The zero-order valence-electron chi connectivity index (χ0n) is 11.0. The van der Waals surface area contributed by atoms with Gasteiger partial charge < -0.3 is 4.90 Å². The smallest absolute Gasteiger partial charge is 0.140 e. The van der Waals surface area contributed by atoms with Crippen LogP contribution in [0, 0.1) is 28.5 Å². The minimum Gasteiger partial charge on any atom is -0.370 e. The zero-order valence-corrected chi connectivity index (χ0v) is 11.0. The van der Waals surface area contributed by atoms with Crippen molar-refractivity contribution >= 4 is 5.69 Å². The van der Waals surface area contributed by atoms with Crippen LogP contribution in [0.25, 0.3) is 0 Å². The minimum atomic E-state index is -0.503. The summed E-state index contributed by atoms with van der Waals surface area (Å²) in [5.74, 6) is -0.503. The van der Waals surface area contributed by atoms with E-state index < -0.39 is 5.82 Å². The first kappa shape index (κ1) is 13.6. The second-order valence-corrected chi connectivity index (χ2v) is 4.44. The second-order valence-electron chi connectivity index (χ2n) is 4.44. The third kappa shape index (κ3) is 2.93. The van der Waals surface area contributed by atoms with Crippen molar-refractivity contribution < 1.29 is 4.39 Å². The molecule has 2 aromatic carbocycles. The van der Waals surface area contributed by atoms with Gasteiger partial charge in [-0.25, -0.2) is 4.39 Å². The van der Waals surface area contributed by atoms with Gasteiger partial charge in [0.1, 0.15) is 11.9 Å². The van der Waals surface area contributed by atoms with E-state index in [1.54, 1.807) is 24.3 Å². The van der Waals surface area contributed by atoms with Crippen molar-refractivity contribution in [1.29, 1.82) is 10.5 Å². The van der Waals surface area contributed by atoms with Crippen molar-refractivity contribution in [2.75, 3.05) is 11.9 Å². The molecule has 0 aliphatic carbocycles. The molecule has 0 N–H and O–H groups in total. The number of nitrogens with zero attached hydrogens (tertiary/aromatic N) is 3. The molecule has 0 saturated heterocycles. The lowest BCUT2D eigenvalue weighted by Crippen LogP contribution is -2.16. The van der Waals surface area contributed by atoms with Crippen LogP contribution in [0.4, 0.5) is 10.1 Å². The maximum absolute atomic E-state index is 13.2. The summed E-state index contributed by atoms with van der Waals surface area (Å²) < 4.78 is 13.2. The average molecular weight is 265 g/mol. The summed E-state index contributed by atoms with van der Waals surface area (Å²) in [6.07, 6.45) is 0. The maximum Gasteiger partial charge on any atom is 0.140 e. The maximum atomic E-state index is 13.2. The third-order valence-electron chi connectivity index (χ3n) is 3.01. The molecule has 2 aromatic rings. The zero-order chi connectivity index (χ0) is 14.5. The summed E-state index contributed by atoms with van der Waals surface area (Å²) in [7, 11) is 1.90. The van der Waals surface area contributed by atoms with Gasteiger partial charge in [0, 0.05) is 19.3 Å². The fraction of sp³-hybridized carbons (Fsp3) is 0.125. The molecule has 0 amide bonds. The van der Waals surface area contributed by atoms with Gasteiger partial charge in [-0.05, 0) is 42.0 Å². The van der Waals surface area contributed by atoms with Gasteiger partial charge in [0.05, 0.1) is 17.2 Å². The predicted octanol–water partition coefficient (Wildman–Crippen LogP) is 3.21. The Morgan fingerprint density at radius 3 is 2.35 bits per heavy atom. The predicted molar refractivity (Wildman–Crippen MR) is 74.4 cm³/mol. The van der Waals surface area contributed by atoms with Crippen LogP contribution in [0.3, 0.4) is 0 Å². The van der Waals surface area contributed by atoms with E-state index in [9.17, 15) is 4.39 Å². The Hall–Kier alpha value is -2.85. The lowest BCUT2D eigenvalue weighted by molar-refractivity contribution is 0.623. The molecule has 0 fully saturated rings. The van der Waals surface area contributed by atoms with Crippen molar-refractivity contribution in [3.05, 3.63) is 65.0 Å². The Bertz CT molecular complexity index is 693. The number of nitriles is 2. The van der Waals surface area contributed by atoms with Gasteiger partial charge in [0.2, 0.25) is 0 Å². The molecule has 0 aliphatic heterocycles. The first-order valence-corrected chi connectivity index (χ1v) is 6.04. The Labute approximate surface area is 117 Å². The number of rotatable bonds is 3. The normalized spacial score (nSPS) is 9.60. The number of benzene rings is 2. The van der Waals surface area contributed by atoms with E-state index in [1.165, 1.54) is 6.07 Å². The molecule has 20 heavy (non-hydrogen) atoms. The molecule has 2 rings (SSSR count). The Balaban J connectivity index is 2.17. The van der Waals surface area contributed by atoms with Crippen LogP contribution in [0.15, 0.2) is 42.5 Å². The molecular formula is C16H12FN3. The van der Waals surface area contributed by atoms with Crippen molar-refractivity contribution in [2.45, 2.75) is 6.54 Å². The molecule has 0 heterocycles. The molecule has 0 aliphatic rings. The number of hydrogen-bond donors (Lipinski definition) is 0. The van der Waals surface area contributed by atoms with Crippen LogP contribution in [0.2, 0.25) is 0 Å². The molecule has 0 radical (unpaired) electrons. The summed E-state index contributed by atoms with van der Waals surface area (Å²) >= 11 is 0. The third-order valence-corrected chi connectivity index (χ3v) is 3.01. The highest BCUT2D eigenvalue weighted by atomic mass is 19.1. The molecule has 0 unspecified atom stereocenters. The lowest BCUT2D eigenvalue weighted by Gasteiger charge is -2.19. The summed E-state index contributed by atoms with van der Waals surface area (Å²) in [6.45, 7) is 0.556. The molecule has 3 nitrogen and oxygen atoms in total. The monoisotopic (exact) mass is 265 g/mol. The van der Waals surface area contributed by atoms with Crippen LogP contribution in [-0.4, -0.2) is 7.05 Å². The molecule has 98 valence electrons. The Morgan fingerprint density at radius 1 is 1.05 bits per heavy atom. The lowest BCUT2D eigenvalue weighted by atomic mass is 10.1. The summed E-state index contributed by atoms with van der Waals surface area (Å²) in [4.78, 5) is 1.97. The molecule has 0 saturated carbocycles. The molecule has 0 spiro atoms. The van der Waals surface area contributed by atoms with Crippen LogP contribution >= 0.6 is 0 Å². The van der Waals surface area contributed by atoms with Crippen molar-refractivity contribution in [3.63, 3.8) is 0 Å². The van der Waals surface area contributed by atoms with Gasteiger partial charge >= 0.3 is 0 Å². The largest absolute Gasteiger partial charge is 0.370 e.